The van der Waals surface area contributed by atoms with Crippen LogP contribution in [0.4, 0.5) is 22.7 Å². The van der Waals surface area contributed by atoms with Crippen molar-refractivity contribution in [3.63, 3.8) is 0 Å². The van der Waals surface area contributed by atoms with Gasteiger partial charge in [0.25, 0.3) is 0 Å². The summed E-state index contributed by atoms with van der Waals surface area (Å²) in [5.74, 6) is 0. The molecule has 0 aromatic heterocycles. The van der Waals surface area contributed by atoms with Crippen LogP contribution in [-0.2, 0) is 0 Å². The molecule has 4 aliphatic rings. The number of nitrogens with zero attached hydrogens (tertiary/aromatic N) is 4. The van der Waals surface area contributed by atoms with Crippen molar-refractivity contribution < 1.29 is 5.48 Å². The van der Waals surface area contributed by atoms with Crippen molar-refractivity contribution in [2.75, 3.05) is 0 Å². The van der Waals surface area contributed by atoms with Crippen molar-refractivity contribution in [2.24, 2.45) is 20.0 Å². The smallest absolute Gasteiger partial charge is 0.0776 e. The van der Waals surface area contributed by atoms with E-state index in [-0.39, 0.29) is 36.1 Å². The van der Waals surface area contributed by atoms with Crippen LogP contribution in [0.2, 0.25) is 0 Å². The van der Waals surface area contributed by atoms with Crippen LogP contribution in [0.25, 0.3) is 0 Å². The summed E-state index contributed by atoms with van der Waals surface area (Å²) < 4.78 is 5.38. The number of benzene rings is 8. The lowest BCUT2D eigenvalue weighted by molar-refractivity contribution is 0.824. The van der Waals surface area contributed by atoms with Gasteiger partial charge in [-0.2, -0.15) is 0 Å². The zero-order valence-electron chi connectivity index (χ0n) is 31.9. The van der Waals surface area contributed by atoms with Gasteiger partial charge in [0.05, 0.1) is 44.2 Å². The largest absolute Gasteiger partial charge is 0.412 e. The van der Waals surface area contributed by atoms with Crippen LogP contribution in [0.1, 0.15) is 0 Å². The zero-order valence-corrected chi connectivity index (χ0v) is 43.8. The van der Waals surface area contributed by atoms with Crippen LogP contribution in [0, 0.1) is 18.0 Å². The fourth-order valence-corrected chi connectivity index (χ4v) is 20.4. The van der Waals surface area contributed by atoms with Crippen molar-refractivity contribution in [1.82, 2.24) is 0 Å². The Morgan fingerprint density at radius 3 is 0.656 bits per heavy atom. The van der Waals surface area contributed by atoms with E-state index < -0.39 is 0 Å². The van der Waals surface area contributed by atoms with Crippen LogP contribution in [0.5, 0.6) is 0 Å². The molecule has 0 bridgehead atoms. The highest BCUT2D eigenvalue weighted by Crippen LogP contribution is 2.46. The summed E-state index contributed by atoms with van der Waals surface area (Å²) in [5.41, 5.74) is 4.48. The first-order valence-corrected chi connectivity index (χ1v) is 33.7. The van der Waals surface area contributed by atoms with Gasteiger partial charge >= 0.3 is 0 Å². The fourth-order valence-electron chi connectivity index (χ4n) is 6.60. The molecule has 0 amide bonds. The van der Waals surface area contributed by atoms with E-state index in [9.17, 15) is 0 Å². The van der Waals surface area contributed by atoms with Gasteiger partial charge in [0, 0.05) is 37.6 Å². The monoisotopic (exact) mass is 1320 g/mol. The number of para-hydroxylation sites is 8. The predicted octanol–water partition coefficient (Wildman–Crippen LogP) is 14.7. The maximum absolute atomic E-state index is 4.66. The Morgan fingerprint density at radius 1 is 0.246 bits per heavy atom. The molecule has 12 rings (SSSR count). The number of hydrogen-bond acceptors (Lipinski definition) is 4. The van der Waals surface area contributed by atoms with Crippen LogP contribution in [0.15, 0.2) is 234 Å². The molecule has 4 unspecified atom stereocenters. The SMILES string of the molecule is IS1=c2ccccc2=Nc2ccccc21.IS1=c2ccccc2=Nc2ccccc21.IS1=c2ccccc2=Nc2ccccc21.IS1=c2ccccc2=Nc2ccccc21.O. The molecule has 2 N–H and O–H groups in total. The third kappa shape index (κ3) is 9.84. The highest BCUT2D eigenvalue weighted by molar-refractivity contribution is 14.2. The van der Waals surface area contributed by atoms with Gasteiger partial charge in [-0.1, -0.05) is 128 Å². The Morgan fingerprint density at radius 2 is 0.426 bits per heavy atom. The van der Waals surface area contributed by atoms with E-state index in [1.54, 1.807) is 0 Å². The molecular formula is C48H34I4N4OS4. The molecule has 0 spiro atoms. The molecule has 0 saturated carbocycles. The lowest BCUT2D eigenvalue weighted by atomic mass is 10.3. The number of rotatable bonds is 0. The van der Waals surface area contributed by atoms with Crippen molar-refractivity contribution in [3.05, 3.63) is 234 Å². The molecule has 13 heteroatoms. The Balaban J connectivity index is 0.000000112. The zero-order chi connectivity index (χ0) is 41.0. The average Bonchev–Trinajstić information content (AvgIpc) is 3.30. The lowest BCUT2D eigenvalue weighted by Crippen LogP contribution is -2.04. The topological polar surface area (TPSA) is 80.9 Å². The molecule has 0 aliphatic carbocycles. The standard InChI is InChI=1S/4C12H8INS.H2O/c4*13-15-11-7-3-1-5-9(11)14-10-6-2-4-8-12(10)15;/h4*1-8H;1H2. The van der Waals surface area contributed by atoms with Crippen molar-refractivity contribution in [3.8, 4) is 0 Å². The number of hydrogen-bond donors (Lipinski definition) is 0. The second-order valence-corrected chi connectivity index (χ2v) is 29.4. The van der Waals surface area contributed by atoms with Crippen molar-refractivity contribution in [1.29, 1.82) is 0 Å². The minimum Gasteiger partial charge on any atom is -0.412 e. The molecular weight excluding hydrogens is 1280 g/mol. The van der Waals surface area contributed by atoms with Crippen LogP contribution < -0.4 is 21.4 Å². The molecule has 4 aliphatic heterocycles. The van der Waals surface area contributed by atoms with E-state index in [0.29, 0.717) is 0 Å². The first kappa shape index (κ1) is 44.8. The van der Waals surface area contributed by atoms with Crippen LogP contribution in [-0.4, -0.2) is 5.48 Å². The normalized spacial score (nSPS) is 17.2. The molecule has 8 aromatic rings. The summed E-state index contributed by atoms with van der Waals surface area (Å²) in [6.07, 6.45) is 0. The summed E-state index contributed by atoms with van der Waals surface area (Å²) in [7, 11) is 0.545. The van der Waals surface area contributed by atoms with Crippen LogP contribution in [0.3, 0.4) is 0 Å². The average molecular weight is 1320 g/mol. The molecule has 4 heterocycles. The molecule has 0 fully saturated rings. The van der Waals surface area contributed by atoms with E-state index >= 15 is 0 Å². The maximum atomic E-state index is 4.66. The van der Waals surface area contributed by atoms with Gasteiger partial charge in [0.15, 0.2) is 0 Å². The van der Waals surface area contributed by atoms with E-state index in [2.05, 4.69) is 250 Å². The third-order valence-electron chi connectivity index (χ3n) is 9.43. The fraction of sp³-hybridized carbons (Fsp3) is 0. The quantitative estimate of drug-likeness (QED) is 0.107. The summed E-state index contributed by atoms with van der Waals surface area (Å²) in [5, 5.41) is 4.48. The Hall–Kier alpha value is -2.76. The molecule has 5 nitrogen and oxygen atoms in total. The molecule has 304 valence electrons. The van der Waals surface area contributed by atoms with Gasteiger partial charge in [0.2, 0.25) is 0 Å². The van der Waals surface area contributed by atoms with Gasteiger partial charge < -0.3 is 5.48 Å². The summed E-state index contributed by atoms with van der Waals surface area (Å²) in [6, 6.07) is 67.1. The minimum atomic E-state index is 0. The van der Waals surface area contributed by atoms with Crippen molar-refractivity contribution in [2.45, 2.75) is 19.6 Å². The van der Waals surface area contributed by atoms with Crippen molar-refractivity contribution >= 4 is 138 Å². The van der Waals surface area contributed by atoms with Gasteiger partial charge in [-0.25, -0.2) is 20.0 Å². The van der Waals surface area contributed by atoms with Gasteiger partial charge in [-0.15, -0.1) is 0 Å². The highest BCUT2D eigenvalue weighted by atomic mass is 127. The first-order valence-electron chi connectivity index (χ1n) is 18.7. The van der Waals surface area contributed by atoms with E-state index in [1.807, 2.05) is 48.5 Å². The van der Waals surface area contributed by atoms with Gasteiger partial charge in [0.1, 0.15) is 0 Å². The lowest BCUT2D eigenvalue weighted by Gasteiger charge is -2.10. The molecule has 0 radical (unpaired) electrons. The summed E-state index contributed by atoms with van der Waals surface area (Å²) in [4.78, 5) is 24.0. The Labute approximate surface area is 411 Å². The number of fused-ring (bicyclic) bond motifs is 8. The third-order valence-corrected chi connectivity index (χ3v) is 26.7. The van der Waals surface area contributed by atoms with Crippen LogP contribution >= 0.6 is 115 Å². The number of halogens is 4. The van der Waals surface area contributed by atoms with E-state index in [1.165, 1.54) is 37.6 Å². The Kier molecular flexibility index (Phi) is 15.3. The van der Waals surface area contributed by atoms with E-state index in [4.69, 9.17) is 0 Å². The Bertz CT molecular complexity index is 3070. The second kappa shape index (κ2) is 20.8. The molecule has 0 saturated heterocycles. The first-order chi connectivity index (χ1) is 29.4. The summed E-state index contributed by atoms with van der Waals surface area (Å²) >= 11 is 10.0. The molecule has 61 heavy (non-hydrogen) atoms. The second-order valence-electron chi connectivity index (χ2n) is 13.2. The van der Waals surface area contributed by atoms with E-state index in [0.717, 1.165) is 44.2 Å². The maximum Gasteiger partial charge on any atom is 0.0776 e. The minimum absolute atomic E-state index is 0. The predicted molar refractivity (Wildman–Crippen MR) is 293 cm³/mol. The van der Waals surface area contributed by atoms with Gasteiger partial charge in [-0.3, -0.25) is 0 Å². The molecule has 4 atom stereocenters. The van der Waals surface area contributed by atoms with Gasteiger partial charge in [-0.05, 0) is 182 Å². The summed E-state index contributed by atoms with van der Waals surface area (Å²) in [6.45, 7) is 0. The highest BCUT2D eigenvalue weighted by Gasteiger charge is 2.12. The molecule has 8 aromatic carbocycles.